The van der Waals surface area contributed by atoms with E-state index in [1.807, 2.05) is 30.5 Å². The lowest BCUT2D eigenvalue weighted by molar-refractivity contribution is -0.120. The van der Waals surface area contributed by atoms with E-state index in [1.165, 1.54) is 11.3 Å². The molecule has 1 aromatic heterocycles. The van der Waals surface area contributed by atoms with Gasteiger partial charge >= 0.3 is 0 Å². The van der Waals surface area contributed by atoms with Gasteiger partial charge in [0, 0.05) is 18.0 Å². The molecule has 1 amide bonds. The van der Waals surface area contributed by atoms with Gasteiger partial charge in [-0.25, -0.2) is 13.1 Å². The summed E-state index contributed by atoms with van der Waals surface area (Å²) in [6.45, 7) is 4.03. The monoisotopic (exact) mass is 352 g/mol. The number of rotatable bonds is 7. The first-order valence-corrected chi connectivity index (χ1v) is 9.61. The lowest BCUT2D eigenvalue weighted by Crippen LogP contribution is -2.35. The van der Waals surface area contributed by atoms with Crippen LogP contribution in [-0.2, 0) is 21.2 Å². The molecule has 7 heteroatoms. The molecule has 124 valence electrons. The first-order valence-electron chi connectivity index (χ1n) is 7.24. The maximum Gasteiger partial charge on any atom is 0.240 e. The Balaban J connectivity index is 1.83. The quantitative estimate of drug-likeness (QED) is 0.749. The predicted octanol–water partition coefficient (Wildman–Crippen LogP) is 2.00. The molecule has 0 fully saturated rings. The number of aryl methyl sites for hydroxylation is 2. The van der Waals surface area contributed by atoms with Crippen LogP contribution in [0.1, 0.15) is 16.0 Å². The minimum absolute atomic E-state index is 0.113. The van der Waals surface area contributed by atoms with Crippen LogP contribution in [0.15, 0.2) is 40.6 Å². The second-order valence-electron chi connectivity index (χ2n) is 5.27. The van der Waals surface area contributed by atoms with Crippen molar-refractivity contribution in [3.05, 3.63) is 51.7 Å². The van der Waals surface area contributed by atoms with E-state index in [2.05, 4.69) is 10.0 Å². The Hall–Kier alpha value is -1.70. The fourth-order valence-electron chi connectivity index (χ4n) is 2.10. The zero-order valence-electron chi connectivity index (χ0n) is 13.1. The molecular formula is C16H20N2O3S2. The van der Waals surface area contributed by atoms with Crippen LogP contribution in [0.3, 0.4) is 0 Å². The van der Waals surface area contributed by atoms with Gasteiger partial charge in [0.05, 0.1) is 11.3 Å². The summed E-state index contributed by atoms with van der Waals surface area (Å²) in [5, 5.41) is 4.63. The molecule has 1 aromatic carbocycles. The second kappa shape index (κ2) is 7.72. The van der Waals surface area contributed by atoms with Crippen molar-refractivity contribution in [1.82, 2.24) is 10.0 Å². The summed E-state index contributed by atoms with van der Waals surface area (Å²) in [6, 6.07) is 9.10. The van der Waals surface area contributed by atoms with Crippen LogP contribution in [0.2, 0.25) is 0 Å². The van der Waals surface area contributed by atoms with Crippen molar-refractivity contribution in [3.63, 3.8) is 0 Å². The van der Waals surface area contributed by atoms with Crippen LogP contribution in [-0.4, -0.2) is 27.4 Å². The fraction of sp³-hybridized carbons (Fsp3) is 0.312. The molecule has 2 rings (SSSR count). The lowest BCUT2D eigenvalue weighted by atomic mass is 10.2. The molecule has 0 bridgehead atoms. The van der Waals surface area contributed by atoms with Crippen molar-refractivity contribution in [1.29, 1.82) is 0 Å². The van der Waals surface area contributed by atoms with E-state index >= 15 is 0 Å². The smallest absolute Gasteiger partial charge is 0.240 e. The average Bonchev–Trinajstić information content (AvgIpc) is 2.99. The van der Waals surface area contributed by atoms with Crippen LogP contribution in [0.25, 0.3) is 0 Å². The van der Waals surface area contributed by atoms with Gasteiger partial charge in [0.1, 0.15) is 0 Å². The standard InChI is InChI=1S/C16H20N2O3S2/c1-12-5-6-13(2)15(10-12)23(20,21)18-8-7-17-16(19)11-14-4-3-9-22-14/h3-6,9-10,18H,7-8,11H2,1-2H3,(H,17,19). The molecule has 0 radical (unpaired) electrons. The van der Waals surface area contributed by atoms with Gasteiger partial charge in [-0.1, -0.05) is 18.2 Å². The van der Waals surface area contributed by atoms with Gasteiger partial charge in [0.15, 0.2) is 0 Å². The number of sulfonamides is 1. The largest absolute Gasteiger partial charge is 0.354 e. The Bertz CT molecular complexity index is 769. The summed E-state index contributed by atoms with van der Waals surface area (Å²) in [5.74, 6) is -0.113. The highest BCUT2D eigenvalue weighted by atomic mass is 32.2. The highest BCUT2D eigenvalue weighted by Crippen LogP contribution is 2.16. The molecule has 0 aliphatic rings. The van der Waals surface area contributed by atoms with E-state index in [0.29, 0.717) is 12.0 Å². The first-order chi connectivity index (χ1) is 10.9. The molecule has 5 nitrogen and oxygen atoms in total. The van der Waals surface area contributed by atoms with Gasteiger partial charge in [0.2, 0.25) is 15.9 Å². The SMILES string of the molecule is Cc1ccc(C)c(S(=O)(=O)NCCNC(=O)Cc2cccs2)c1. The van der Waals surface area contributed by atoms with Gasteiger partial charge in [0.25, 0.3) is 0 Å². The molecule has 23 heavy (non-hydrogen) atoms. The third-order valence-electron chi connectivity index (χ3n) is 3.29. The van der Waals surface area contributed by atoms with Crippen LogP contribution < -0.4 is 10.0 Å². The molecule has 0 unspecified atom stereocenters. The Labute approximate surface area is 140 Å². The Morgan fingerprint density at radius 1 is 1.17 bits per heavy atom. The van der Waals surface area contributed by atoms with Gasteiger partial charge < -0.3 is 5.32 Å². The molecule has 1 heterocycles. The number of carbonyl (C=O) groups is 1. The van der Waals surface area contributed by atoms with Gasteiger partial charge in [-0.2, -0.15) is 0 Å². The maximum atomic E-state index is 12.3. The zero-order valence-corrected chi connectivity index (χ0v) is 14.8. The Kier molecular flexibility index (Phi) is 5.92. The number of nitrogens with one attached hydrogen (secondary N) is 2. The maximum absolute atomic E-state index is 12.3. The van der Waals surface area contributed by atoms with Crippen molar-refractivity contribution < 1.29 is 13.2 Å². The lowest BCUT2D eigenvalue weighted by Gasteiger charge is -2.10. The Morgan fingerprint density at radius 3 is 2.65 bits per heavy atom. The minimum atomic E-state index is -3.56. The molecule has 0 atom stereocenters. The molecular weight excluding hydrogens is 332 g/mol. The van der Waals surface area contributed by atoms with E-state index in [1.54, 1.807) is 19.1 Å². The summed E-state index contributed by atoms with van der Waals surface area (Å²) < 4.78 is 27.1. The predicted molar refractivity (Wildman–Crippen MR) is 92.1 cm³/mol. The number of hydrogen-bond donors (Lipinski definition) is 2. The third kappa shape index (κ3) is 5.16. The first kappa shape index (κ1) is 17.7. The van der Waals surface area contributed by atoms with Crippen molar-refractivity contribution in [2.24, 2.45) is 0 Å². The van der Waals surface area contributed by atoms with E-state index in [4.69, 9.17) is 0 Å². The van der Waals surface area contributed by atoms with Crippen LogP contribution in [0, 0.1) is 13.8 Å². The normalized spacial score (nSPS) is 11.4. The summed E-state index contributed by atoms with van der Waals surface area (Å²) >= 11 is 1.52. The molecule has 0 aliphatic carbocycles. The molecule has 0 aliphatic heterocycles. The number of carbonyl (C=O) groups excluding carboxylic acids is 1. The molecule has 0 saturated heterocycles. The molecule has 2 aromatic rings. The number of thiophene rings is 1. The zero-order chi connectivity index (χ0) is 16.9. The average molecular weight is 352 g/mol. The Morgan fingerprint density at radius 2 is 1.96 bits per heavy atom. The fourth-order valence-corrected chi connectivity index (χ4v) is 4.16. The molecule has 0 spiro atoms. The highest BCUT2D eigenvalue weighted by Gasteiger charge is 2.16. The van der Waals surface area contributed by atoms with E-state index < -0.39 is 10.0 Å². The van der Waals surface area contributed by atoms with E-state index in [9.17, 15) is 13.2 Å². The summed E-state index contributed by atoms with van der Waals surface area (Å²) in [7, 11) is -3.56. The van der Waals surface area contributed by atoms with Gasteiger partial charge in [-0.3, -0.25) is 4.79 Å². The highest BCUT2D eigenvalue weighted by molar-refractivity contribution is 7.89. The van der Waals surface area contributed by atoms with E-state index in [-0.39, 0.29) is 23.9 Å². The molecule has 2 N–H and O–H groups in total. The van der Waals surface area contributed by atoms with Crippen LogP contribution in [0.4, 0.5) is 0 Å². The topological polar surface area (TPSA) is 75.3 Å². The summed E-state index contributed by atoms with van der Waals surface area (Å²) in [4.78, 5) is 13.0. The van der Waals surface area contributed by atoms with Crippen molar-refractivity contribution >= 4 is 27.3 Å². The van der Waals surface area contributed by atoms with Gasteiger partial charge in [-0.05, 0) is 42.5 Å². The summed E-state index contributed by atoms with van der Waals surface area (Å²) in [5.41, 5.74) is 1.59. The number of benzene rings is 1. The van der Waals surface area contributed by atoms with Gasteiger partial charge in [-0.15, -0.1) is 11.3 Å². The summed E-state index contributed by atoms with van der Waals surface area (Å²) in [6.07, 6.45) is 0.321. The van der Waals surface area contributed by atoms with E-state index in [0.717, 1.165) is 10.4 Å². The van der Waals surface area contributed by atoms with Crippen molar-refractivity contribution in [2.75, 3.05) is 13.1 Å². The molecule has 0 saturated carbocycles. The minimum Gasteiger partial charge on any atom is -0.354 e. The second-order valence-corrected chi connectivity index (χ2v) is 8.04. The van der Waals surface area contributed by atoms with Crippen LogP contribution >= 0.6 is 11.3 Å². The third-order valence-corrected chi connectivity index (χ3v) is 5.77. The van der Waals surface area contributed by atoms with Crippen molar-refractivity contribution in [3.8, 4) is 0 Å². The van der Waals surface area contributed by atoms with Crippen molar-refractivity contribution in [2.45, 2.75) is 25.2 Å². The number of amides is 1. The van der Waals surface area contributed by atoms with Crippen LogP contribution in [0.5, 0.6) is 0 Å². The number of hydrogen-bond acceptors (Lipinski definition) is 4.